The topological polar surface area (TPSA) is 76.5 Å². The number of hydrogen-bond acceptors (Lipinski definition) is 5. The van der Waals surface area contributed by atoms with Crippen LogP contribution in [0.3, 0.4) is 0 Å². The van der Waals surface area contributed by atoms with Gasteiger partial charge in [-0.1, -0.05) is 12.1 Å². The summed E-state index contributed by atoms with van der Waals surface area (Å²) < 4.78 is 6.41. The largest absolute Gasteiger partial charge is 0.383 e. The molecule has 7 nitrogen and oxygen atoms in total. The standard InChI is InChI=1S/C21H28N4O3/c1-16-5-3-7-18(11-16)23-20(26)12-17-6-4-8-24(15-17)19-13-21(27)25(22-14-19)9-10-28-2/h3,5,7,11,13-14,17H,4,6,8-10,12,15H2,1-2H3,(H,23,26). The van der Waals surface area contributed by atoms with E-state index in [1.807, 2.05) is 31.2 Å². The summed E-state index contributed by atoms with van der Waals surface area (Å²) in [6, 6.07) is 9.44. The van der Waals surface area contributed by atoms with Crippen LogP contribution in [-0.4, -0.2) is 42.5 Å². The average Bonchev–Trinajstić information content (AvgIpc) is 2.67. The summed E-state index contributed by atoms with van der Waals surface area (Å²) in [4.78, 5) is 26.8. The van der Waals surface area contributed by atoms with Crippen molar-refractivity contribution in [2.75, 3.05) is 37.0 Å². The molecule has 1 unspecified atom stereocenters. The van der Waals surface area contributed by atoms with Gasteiger partial charge in [0.15, 0.2) is 0 Å². The van der Waals surface area contributed by atoms with Crippen molar-refractivity contribution in [2.24, 2.45) is 5.92 Å². The minimum atomic E-state index is -0.131. The lowest BCUT2D eigenvalue weighted by Crippen LogP contribution is -2.38. The Morgan fingerprint density at radius 3 is 2.96 bits per heavy atom. The summed E-state index contributed by atoms with van der Waals surface area (Å²) in [7, 11) is 1.60. The molecule has 1 aliphatic rings. The van der Waals surface area contributed by atoms with E-state index in [9.17, 15) is 9.59 Å². The molecule has 1 fully saturated rings. The first-order valence-electron chi connectivity index (χ1n) is 9.72. The van der Waals surface area contributed by atoms with E-state index in [1.165, 1.54) is 4.68 Å². The number of aryl methyl sites for hydroxylation is 1. The smallest absolute Gasteiger partial charge is 0.268 e. The molecular weight excluding hydrogens is 356 g/mol. The van der Waals surface area contributed by atoms with E-state index in [0.717, 1.165) is 42.9 Å². The van der Waals surface area contributed by atoms with Gasteiger partial charge in [-0.15, -0.1) is 0 Å². The molecule has 0 spiro atoms. The van der Waals surface area contributed by atoms with E-state index in [2.05, 4.69) is 15.3 Å². The van der Waals surface area contributed by atoms with Crippen molar-refractivity contribution in [1.82, 2.24) is 9.78 Å². The van der Waals surface area contributed by atoms with Crippen LogP contribution in [-0.2, 0) is 16.1 Å². The fourth-order valence-electron chi connectivity index (χ4n) is 3.61. The number of nitrogens with one attached hydrogen (secondary N) is 1. The molecule has 1 amide bonds. The Labute approximate surface area is 165 Å². The van der Waals surface area contributed by atoms with Crippen molar-refractivity contribution in [1.29, 1.82) is 0 Å². The van der Waals surface area contributed by atoms with Gasteiger partial charge in [0, 0.05) is 38.4 Å². The van der Waals surface area contributed by atoms with Crippen molar-refractivity contribution in [2.45, 2.75) is 32.7 Å². The first kappa shape index (κ1) is 20.1. The highest BCUT2D eigenvalue weighted by Crippen LogP contribution is 2.24. The number of anilines is 2. The predicted molar refractivity (Wildman–Crippen MR) is 110 cm³/mol. The third kappa shape index (κ3) is 5.42. The second-order valence-corrected chi connectivity index (χ2v) is 7.34. The lowest BCUT2D eigenvalue weighted by molar-refractivity contribution is -0.117. The quantitative estimate of drug-likeness (QED) is 0.793. The summed E-state index contributed by atoms with van der Waals surface area (Å²) in [6.07, 6.45) is 4.21. The minimum absolute atomic E-state index is 0.0329. The van der Waals surface area contributed by atoms with Crippen molar-refractivity contribution in [3.8, 4) is 0 Å². The zero-order valence-corrected chi connectivity index (χ0v) is 16.6. The second kappa shape index (κ2) is 9.50. The Morgan fingerprint density at radius 1 is 1.36 bits per heavy atom. The van der Waals surface area contributed by atoms with E-state index in [-0.39, 0.29) is 17.4 Å². The number of amides is 1. The number of ether oxygens (including phenoxy) is 1. The maximum Gasteiger partial charge on any atom is 0.268 e. The maximum absolute atomic E-state index is 12.4. The fourth-order valence-corrected chi connectivity index (χ4v) is 3.61. The third-order valence-electron chi connectivity index (χ3n) is 5.02. The van der Waals surface area contributed by atoms with Gasteiger partial charge < -0.3 is 15.0 Å². The van der Waals surface area contributed by atoms with Gasteiger partial charge in [0.25, 0.3) is 5.56 Å². The highest BCUT2D eigenvalue weighted by atomic mass is 16.5. The Balaban J connectivity index is 1.58. The molecule has 1 atom stereocenters. The van der Waals surface area contributed by atoms with Crippen molar-refractivity contribution >= 4 is 17.3 Å². The van der Waals surface area contributed by atoms with Crippen LogP contribution >= 0.6 is 0 Å². The number of nitrogens with zero attached hydrogens (tertiary/aromatic N) is 3. The number of hydrogen-bond donors (Lipinski definition) is 1. The number of piperidine rings is 1. The zero-order valence-electron chi connectivity index (χ0n) is 16.6. The highest BCUT2D eigenvalue weighted by Gasteiger charge is 2.23. The van der Waals surface area contributed by atoms with Crippen LogP contribution in [0.5, 0.6) is 0 Å². The van der Waals surface area contributed by atoms with Gasteiger partial charge in [0.2, 0.25) is 5.91 Å². The number of carbonyl (C=O) groups excluding carboxylic acids is 1. The Kier molecular flexibility index (Phi) is 6.81. The van der Waals surface area contributed by atoms with Crippen LogP contribution in [0.25, 0.3) is 0 Å². The van der Waals surface area contributed by atoms with E-state index in [0.29, 0.717) is 19.6 Å². The number of carbonyl (C=O) groups is 1. The lowest BCUT2D eigenvalue weighted by Gasteiger charge is -2.34. The number of methoxy groups -OCH3 is 1. The van der Waals surface area contributed by atoms with Gasteiger partial charge in [-0.2, -0.15) is 5.10 Å². The van der Waals surface area contributed by atoms with E-state index in [4.69, 9.17) is 4.74 Å². The number of rotatable bonds is 7. The fraction of sp³-hybridized carbons (Fsp3) is 0.476. The zero-order chi connectivity index (χ0) is 19.9. The Bertz CT molecular complexity index is 865. The first-order valence-corrected chi connectivity index (χ1v) is 9.72. The first-order chi connectivity index (χ1) is 13.5. The van der Waals surface area contributed by atoms with Crippen LogP contribution < -0.4 is 15.8 Å². The number of benzene rings is 1. The van der Waals surface area contributed by atoms with Crippen LogP contribution in [0.2, 0.25) is 0 Å². The molecule has 7 heteroatoms. The highest BCUT2D eigenvalue weighted by molar-refractivity contribution is 5.91. The minimum Gasteiger partial charge on any atom is -0.383 e. The van der Waals surface area contributed by atoms with Gasteiger partial charge in [0.1, 0.15) is 0 Å². The van der Waals surface area contributed by atoms with Gasteiger partial charge in [-0.05, 0) is 43.4 Å². The molecule has 3 rings (SSSR count). The lowest BCUT2D eigenvalue weighted by atomic mass is 9.94. The van der Waals surface area contributed by atoms with Crippen molar-refractivity contribution in [3.63, 3.8) is 0 Å². The molecule has 2 heterocycles. The Hall–Kier alpha value is -2.67. The summed E-state index contributed by atoms with van der Waals surface area (Å²) in [5, 5.41) is 7.23. The molecule has 1 N–H and O–H groups in total. The van der Waals surface area contributed by atoms with Crippen molar-refractivity contribution < 1.29 is 9.53 Å². The maximum atomic E-state index is 12.4. The van der Waals surface area contributed by atoms with E-state index in [1.54, 1.807) is 19.4 Å². The molecule has 0 saturated carbocycles. The molecule has 1 saturated heterocycles. The SMILES string of the molecule is COCCn1ncc(N2CCCC(CC(=O)Nc3cccc(C)c3)C2)cc1=O. The summed E-state index contributed by atoms with van der Waals surface area (Å²) in [5.41, 5.74) is 2.65. The number of aromatic nitrogens is 2. The molecule has 1 aromatic carbocycles. The van der Waals surface area contributed by atoms with Crippen LogP contribution in [0.15, 0.2) is 41.3 Å². The molecule has 0 bridgehead atoms. The molecule has 0 radical (unpaired) electrons. The normalized spacial score (nSPS) is 16.8. The van der Waals surface area contributed by atoms with Crippen molar-refractivity contribution in [3.05, 3.63) is 52.4 Å². The van der Waals surface area contributed by atoms with Gasteiger partial charge in [-0.3, -0.25) is 9.59 Å². The van der Waals surface area contributed by atoms with E-state index < -0.39 is 0 Å². The summed E-state index contributed by atoms with van der Waals surface area (Å²) in [6.45, 7) is 4.53. The monoisotopic (exact) mass is 384 g/mol. The molecule has 1 aromatic heterocycles. The third-order valence-corrected chi connectivity index (χ3v) is 5.02. The van der Waals surface area contributed by atoms with Gasteiger partial charge in [-0.25, -0.2) is 4.68 Å². The van der Waals surface area contributed by atoms with Crippen LogP contribution in [0, 0.1) is 12.8 Å². The van der Waals surface area contributed by atoms with Gasteiger partial charge in [0.05, 0.1) is 25.0 Å². The van der Waals surface area contributed by atoms with Crippen LogP contribution in [0.1, 0.15) is 24.8 Å². The average molecular weight is 384 g/mol. The molecule has 0 aliphatic carbocycles. The van der Waals surface area contributed by atoms with Crippen LogP contribution in [0.4, 0.5) is 11.4 Å². The predicted octanol–water partition coefficient (Wildman–Crippen LogP) is 2.44. The molecule has 2 aromatic rings. The van der Waals surface area contributed by atoms with E-state index >= 15 is 0 Å². The molecule has 150 valence electrons. The summed E-state index contributed by atoms with van der Waals surface area (Å²) >= 11 is 0. The second-order valence-electron chi connectivity index (χ2n) is 7.34. The molecule has 1 aliphatic heterocycles. The Morgan fingerprint density at radius 2 is 2.21 bits per heavy atom. The van der Waals surface area contributed by atoms with Gasteiger partial charge >= 0.3 is 0 Å². The molecule has 28 heavy (non-hydrogen) atoms. The summed E-state index contributed by atoms with van der Waals surface area (Å²) in [5.74, 6) is 0.292. The molecular formula is C21H28N4O3.